The van der Waals surface area contributed by atoms with Crippen LogP contribution in [-0.4, -0.2) is 86.3 Å². The molecule has 0 bridgehead atoms. The summed E-state index contributed by atoms with van der Waals surface area (Å²) in [7, 11) is -2.36. The van der Waals surface area contributed by atoms with Crippen LogP contribution in [0.2, 0.25) is 5.02 Å². The number of urea groups is 1. The van der Waals surface area contributed by atoms with Crippen molar-refractivity contribution >= 4 is 55.7 Å². The van der Waals surface area contributed by atoms with Crippen LogP contribution in [0.4, 0.5) is 16.2 Å². The van der Waals surface area contributed by atoms with Gasteiger partial charge in [-0.1, -0.05) is 54.9 Å². The number of rotatable bonds is 8. The molecule has 13 heteroatoms. The number of ether oxygens (including phenoxy) is 2. The van der Waals surface area contributed by atoms with E-state index in [2.05, 4.69) is 10.6 Å². The fraction of sp³-hybridized carbons (Fsp3) is 0.385. The number of benzene rings is 4. The number of sulfonamides is 1. The van der Waals surface area contributed by atoms with Gasteiger partial charge in [0.2, 0.25) is 10.0 Å². The van der Waals surface area contributed by atoms with Gasteiger partial charge in [-0.15, -0.1) is 0 Å². The summed E-state index contributed by atoms with van der Waals surface area (Å²) in [6, 6.07) is 23.2. The van der Waals surface area contributed by atoms with Gasteiger partial charge in [0.25, 0.3) is 5.91 Å². The van der Waals surface area contributed by atoms with Gasteiger partial charge in [-0.25, -0.2) is 13.2 Å². The molecule has 278 valence electrons. The summed E-state index contributed by atoms with van der Waals surface area (Å²) >= 11 is 6.00. The number of anilines is 2. The Morgan fingerprint density at radius 3 is 2.50 bits per heavy atom. The minimum Gasteiger partial charge on any atom is -0.490 e. The molecule has 3 amide bonds. The Kier molecular flexibility index (Phi) is 13.2. The second kappa shape index (κ2) is 17.5. The van der Waals surface area contributed by atoms with E-state index in [4.69, 9.17) is 21.1 Å². The zero-order valence-electron chi connectivity index (χ0n) is 29.9. The molecule has 0 unspecified atom stereocenters. The molecule has 5 rings (SSSR count). The first-order valence-corrected chi connectivity index (χ1v) is 19.3. The highest BCUT2D eigenvalue weighted by molar-refractivity contribution is 7.89. The maximum Gasteiger partial charge on any atom is 0.323 e. The van der Waals surface area contributed by atoms with Crippen LogP contribution in [0.1, 0.15) is 50.4 Å². The Hall–Kier alpha value is -4.20. The molecule has 52 heavy (non-hydrogen) atoms. The van der Waals surface area contributed by atoms with Crippen LogP contribution in [0.5, 0.6) is 5.75 Å². The largest absolute Gasteiger partial charge is 0.490 e. The maximum absolute atomic E-state index is 14.5. The van der Waals surface area contributed by atoms with E-state index >= 15 is 0 Å². The van der Waals surface area contributed by atoms with Gasteiger partial charge in [0.1, 0.15) is 5.75 Å². The first kappa shape index (κ1) is 39.0. The average molecular weight is 751 g/mol. The van der Waals surface area contributed by atoms with Crippen LogP contribution in [0.3, 0.4) is 0 Å². The number of carbonyl (C=O) groups is 2. The Balaban J connectivity index is 1.41. The van der Waals surface area contributed by atoms with Gasteiger partial charge in [-0.05, 0) is 87.0 Å². The normalized spacial score (nSPS) is 19.7. The Bertz CT molecular complexity index is 1950. The highest BCUT2D eigenvalue weighted by Gasteiger charge is 2.32. The number of fused-ring (bicyclic) bond motifs is 2. The Labute approximate surface area is 310 Å². The molecule has 11 nitrogen and oxygen atoms in total. The molecule has 0 saturated heterocycles. The maximum atomic E-state index is 14.5. The fourth-order valence-corrected chi connectivity index (χ4v) is 7.53. The zero-order valence-corrected chi connectivity index (χ0v) is 31.5. The predicted octanol–water partition coefficient (Wildman–Crippen LogP) is 7.25. The van der Waals surface area contributed by atoms with E-state index in [0.29, 0.717) is 35.2 Å². The summed E-state index contributed by atoms with van der Waals surface area (Å²) in [6.45, 7) is 5.84. The number of nitrogens with zero attached hydrogens (tertiary/aromatic N) is 2. The zero-order chi connectivity index (χ0) is 37.4. The van der Waals surface area contributed by atoms with Crippen molar-refractivity contribution < 1.29 is 32.6 Å². The smallest absolute Gasteiger partial charge is 0.323 e. The summed E-state index contributed by atoms with van der Waals surface area (Å²) in [4.78, 5) is 29.4. The number of hydrogen-bond acceptors (Lipinski definition) is 7. The van der Waals surface area contributed by atoms with Crippen molar-refractivity contribution in [2.24, 2.45) is 5.92 Å². The van der Waals surface area contributed by atoms with Crippen molar-refractivity contribution in [3.63, 3.8) is 0 Å². The number of likely N-dealkylation sites (N-methyl/N-ethyl adjacent to an activating group) is 1. The lowest BCUT2D eigenvalue weighted by molar-refractivity contribution is -0.00833. The lowest BCUT2D eigenvalue weighted by Gasteiger charge is -2.35. The summed E-state index contributed by atoms with van der Waals surface area (Å²) < 4.78 is 40.9. The molecule has 0 spiro atoms. The number of nitrogens with one attached hydrogen (secondary N) is 2. The van der Waals surface area contributed by atoms with E-state index < -0.39 is 34.1 Å². The third-order valence-electron chi connectivity index (χ3n) is 9.31. The summed E-state index contributed by atoms with van der Waals surface area (Å²) in [5, 5.41) is 18.4. The van der Waals surface area contributed by atoms with Crippen molar-refractivity contribution in [1.82, 2.24) is 9.21 Å². The highest BCUT2D eigenvalue weighted by atomic mass is 35.5. The average Bonchev–Trinajstić information content (AvgIpc) is 3.13. The molecule has 0 fully saturated rings. The Morgan fingerprint density at radius 2 is 1.75 bits per heavy atom. The third-order valence-corrected chi connectivity index (χ3v) is 11.4. The molecule has 0 aliphatic carbocycles. The van der Waals surface area contributed by atoms with Crippen molar-refractivity contribution in [2.75, 3.05) is 44.0 Å². The third kappa shape index (κ3) is 9.61. The lowest BCUT2D eigenvalue weighted by Crippen LogP contribution is -2.48. The lowest BCUT2D eigenvalue weighted by atomic mass is 10.0. The summed E-state index contributed by atoms with van der Waals surface area (Å²) in [5.74, 6) is -0.398. The van der Waals surface area contributed by atoms with E-state index in [9.17, 15) is 23.1 Å². The number of aliphatic hydroxyl groups excluding tert-OH is 1. The van der Waals surface area contributed by atoms with Crippen LogP contribution < -0.4 is 15.4 Å². The number of halogens is 1. The van der Waals surface area contributed by atoms with E-state index in [0.717, 1.165) is 23.6 Å². The van der Waals surface area contributed by atoms with Crippen LogP contribution in [-0.2, 0) is 14.8 Å². The second-order valence-corrected chi connectivity index (χ2v) is 15.8. The number of aliphatic hydroxyl groups is 1. The van der Waals surface area contributed by atoms with E-state index in [-0.39, 0.29) is 42.2 Å². The molecule has 3 N–H and O–H groups in total. The van der Waals surface area contributed by atoms with Crippen molar-refractivity contribution in [3.8, 4) is 5.75 Å². The second-order valence-electron chi connectivity index (χ2n) is 13.4. The summed E-state index contributed by atoms with van der Waals surface area (Å²) in [6.07, 6.45) is 1.38. The quantitative estimate of drug-likeness (QED) is 0.173. The molecule has 1 heterocycles. The first-order valence-electron chi connectivity index (χ1n) is 17.5. The van der Waals surface area contributed by atoms with E-state index in [1.807, 2.05) is 56.3 Å². The van der Waals surface area contributed by atoms with Crippen molar-refractivity contribution in [1.29, 1.82) is 0 Å². The van der Waals surface area contributed by atoms with Crippen molar-refractivity contribution in [3.05, 3.63) is 95.5 Å². The van der Waals surface area contributed by atoms with E-state index in [1.165, 1.54) is 35.6 Å². The molecular weight excluding hydrogens is 704 g/mol. The molecule has 0 radical (unpaired) electrons. The molecule has 4 aromatic carbocycles. The van der Waals surface area contributed by atoms with Gasteiger partial charge >= 0.3 is 6.03 Å². The van der Waals surface area contributed by atoms with Gasteiger partial charge in [0.15, 0.2) is 0 Å². The molecule has 0 saturated carbocycles. The van der Waals surface area contributed by atoms with Gasteiger partial charge in [-0.2, -0.15) is 4.31 Å². The number of hydrogen-bond donors (Lipinski definition) is 3. The molecule has 4 aromatic rings. The molecular formula is C39H47ClN4O7S. The van der Waals surface area contributed by atoms with Gasteiger partial charge < -0.3 is 30.1 Å². The molecule has 1 aliphatic rings. The van der Waals surface area contributed by atoms with Crippen LogP contribution in [0.25, 0.3) is 10.8 Å². The van der Waals surface area contributed by atoms with Gasteiger partial charge in [-0.3, -0.25) is 4.79 Å². The van der Waals surface area contributed by atoms with Crippen LogP contribution in [0, 0.1) is 5.92 Å². The summed E-state index contributed by atoms with van der Waals surface area (Å²) in [5.41, 5.74) is 1.24. The van der Waals surface area contributed by atoms with Crippen molar-refractivity contribution in [2.45, 2.75) is 63.2 Å². The first-order chi connectivity index (χ1) is 24.9. The molecule has 1 aliphatic heterocycles. The monoisotopic (exact) mass is 750 g/mol. The fourth-order valence-electron chi connectivity index (χ4n) is 6.22. The predicted molar refractivity (Wildman–Crippen MR) is 205 cm³/mol. The SMILES string of the molecule is C[C@@H]1CN([C@@H](C)CO)C(=O)c2cc(NC(=O)Nc3cccc4ccccc34)ccc2O[C@@H](C)CCCCO[C@@H]1CN(C)S(=O)(=O)c1ccc(Cl)cc1. The molecule has 0 aromatic heterocycles. The van der Waals surface area contributed by atoms with E-state index in [1.54, 1.807) is 30.0 Å². The van der Waals surface area contributed by atoms with Crippen LogP contribution in [0.15, 0.2) is 89.8 Å². The number of carbonyl (C=O) groups excluding carboxylic acids is 2. The molecule has 4 atom stereocenters. The minimum atomic E-state index is -3.86. The Morgan fingerprint density at radius 1 is 1.02 bits per heavy atom. The topological polar surface area (TPSA) is 138 Å². The van der Waals surface area contributed by atoms with Crippen LogP contribution >= 0.6 is 11.6 Å². The highest BCUT2D eigenvalue weighted by Crippen LogP contribution is 2.30. The van der Waals surface area contributed by atoms with Gasteiger partial charge in [0, 0.05) is 48.8 Å². The van der Waals surface area contributed by atoms with Gasteiger partial charge in [0.05, 0.1) is 41.0 Å². The standard InChI is InChI=1S/C39H47ClN4O7S/c1-26-23-44(27(2)25-45)38(46)34-22-31(41-39(47)42-35-14-9-12-29-11-5-6-13-33(29)35)17-20-36(34)51-28(3)10-7-8-21-50-37(26)24-43(4)52(48,49)32-18-15-30(40)16-19-32/h5-6,9,11-20,22,26-28,37,45H,7-8,10,21,23-25H2,1-4H3,(H2,41,42,47)/t26-,27+,28+,37-/m1/s1. The number of amides is 3. The minimum absolute atomic E-state index is 0.0393.